The van der Waals surface area contributed by atoms with Crippen molar-refractivity contribution >= 4 is 27.6 Å². The number of nitrogens with one attached hydrogen (secondary N) is 1. The summed E-state index contributed by atoms with van der Waals surface area (Å²) in [5.74, 6) is -0.121. The highest BCUT2D eigenvalue weighted by molar-refractivity contribution is 7.16. The predicted molar refractivity (Wildman–Crippen MR) is 84.4 cm³/mol. The molecule has 0 unspecified atom stereocenters. The van der Waals surface area contributed by atoms with E-state index < -0.39 is 35.0 Å². The standard InChI is InChI=1S/C13H18N4O5S/c1-2-3-5(18)7-4-6(19)11(22-7)17-9-8(23-13(17)21)10(20)16-12(14)15-9/h5-7,11,18-19H,2-4H2,1H3,(H3,14,15,16,20)/t5-,6-,7+,11-/m1/s1. The average molecular weight is 342 g/mol. The van der Waals surface area contributed by atoms with Gasteiger partial charge in [0.1, 0.15) is 10.8 Å². The van der Waals surface area contributed by atoms with Crippen molar-refractivity contribution < 1.29 is 14.9 Å². The van der Waals surface area contributed by atoms with Gasteiger partial charge in [-0.15, -0.1) is 0 Å². The fourth-order valence-electron chi connectivity index (χ4n) is 2.81. The number of nitrogens with two attached hydrogens (primary N) is 1. The Morgan fingerprint density at radius 1 is 1.57 bits per heavy atom. The summed E-state index contributed by atoms with van der Waals surface area (Å²) in [5, 5.41) is 20.3. The second kappa shape index (κ2) is 6.04. The summed E-state index contributed by atoms with van der Waals surface area (Å²) in [5.41, 5.74) is 5.10. The molecule has 23 heavy (non-hydrogen) atoms. The Labute approximate surface area is 134 Å². The monoisotopic (exact) mass is 342 g/mol. The Morgan fingerprint density at radius 3 is 3.00 bits per heavy atom. The Bertz CT molecular complexity index is 828. The van der Waals surface area contributed by atoms with Crippen LogP contribution >= 0.6 is 11.3 Å². The van der Waals surface area contributed by atoms with Crippen molar-refractivity contribution in [3.63, 3.8) is 0 Å². The van der Waals surface area contributed by atoms with Gasteiger partial charge in [-0.3, -0.25) is 19.1 Å². The van der Waals surface area contributed by atoms with Gasteiger partial charge in [-0.25, -0.2) is 0 Å². The largest absolute Gasteiger partial charge is 0.390 e. The third-order valence-corrected chi connectivity index (χ3v) is 4.82. The van der Waals surface area contributed by atoms with E-state index in [9.17, 15) is 19.8 Å². The number of ether oxygens (including phenoxy) is 1. The average Bonchev–Trinajstić information content (AvgIpc) is 2.99. The van der Waals surface area contributed by atoms with Crippen LogP contribution < -0.4 is 16.2 Å². The van der Waals surface area contributed by atoms with Gasteiger partial charge in [0, 0.05) is 6.42 Å². The Kier molecular flexibility index (Phi) is 4.23. The van der Waals surface area contributed by atoms with Crippen LogP contribution in [-0.2, 0) is 4.74 Å². The molecule has 1 fully saturated rings. The Morgan fingerprint density at radius 2 is 2.30 bits per heavy atom. The third-order valence-electron chi connectivity index (χ3n) is 3.88. The lowest BCUT2D eigenvalue weighted by atomic mass is 10.1. The number of H-pyrrole nitrogens is 1. The zero-order valence-corrected chi connectivity index (χ0v) is 13.2. The third kappa shape index (κ3) is 2.78. The van der Waals surface area contributed by atoms with E-state index in [-0.39, 0.29) is 22.7 Å². The molecule has 0 radical (unpaired) electrons. The molecule has 3 heterocycles. The molecule has 0 bridgehead atoms. The highest BCUT2D eigenvalue weighted by Crippen LogP contribution is 2.32. The van der Waals surface area contributed by atoms with E-state index in [0.29, 0.717) is 17.8 Å². The summed E-state index contributed by atoms with van der Waals surface area (Å²) in [6.07, 6.45) is -1.76. The second-order valence-corrected chi connectivity index (χ2v) is 6.53. The number of rotatable bonds is 4. The van der Waals surface area contributed by atoms with E-state index in [1.807, 2.05) is 6.92 Å². The van der Waals surface area contributed by atoms with Crippen LogP contribution in [0.1, 0.15) is 32.4 Å². The molecule has 1 aliphatic heterocycles. The molecule has 10 heteroatoms. The first kappa shape index (κ1) is 16.1. The first-order valence-corrected chi connectivity index (χ1v) is 8.16. The molecular weight excluding hydrogens is 324 g/mol. The van der Waals surface area contributed by atoms with Crippen molar-refractivity contribution in [1.82, 2.24) is 14.5 Å². The molecule has 1 saturated heterocycles. The maximum Gasteiger partial charge on any atom is 0.311 e. The number of thiazole rings is 1. The molecule has 0 aliphatic carbocycles. The maximum atomic E-state index is 12.2. The van der Waals surface area contributed by atoms with Gasteiger partial charge in [-0.2, -0.15) is 4.98 Å². The summed E-state index contributed by atoms with van der Waals surface area (Å²) in [6.45, 7) is 1.93. The number of aliphatic hydroxyl groups is 2. The van der Waals surface area contributed by atoms with Crippen LogP contribution in [0.4, 0.5) is 5.95 Å². The van der Waals surface area contributed by atoms with Crippen LogP contribution in [0.5, 0.6) is 0 Å². The van der Waals surface area contributed by atoms with Gasteiger partial charge in [0.25, 0.3) is 5.56 Å². The van der Waals surface area contributed by atoms with E-state index in [2.05, 4.69) is 9.97 Å². The van der Waals surface area contributed by atoms with Gasteiger partial charge in [0.05, 0.1) is 12.2 Å². The van der Waals surface area contributed by atoms with Crippen molar-refractivity contribution in [3.8, 4) is 0 Å². The number of hydrogen-bond donors (Lipinski definition) is 4. The van der Waals surface area contributed by atoms with Crippen molar-refractivity contribution in [3.05, 3.63) is 20.0 Å². The molecule has 9 nitrogen and oxygen atoms in total. The predicted octanol–water partition coefficient (Wildman–Crippen LogP) is -0.462. The number of nitrogens with zero attached hydrogens (tertiary/aromatic N) is 2. The van der Waals surface area contributed by atoms with Crippen molar-refractivity contribution in [2.24, 2.45) is 0 Å². The van der Waals surface area contributed by atoms with Gasteiger partial charge < -0.3 is 20.7 Å². The quantitative estimate of drug-likeness (QED) is 0.588. The normalized spacial score (nSPS) is 26.0. The maximum absolute atomic E-state index is 12.2. The summed E-state index contributed by atoms with van der Waals surface area (Å²) >= 11 is 0.715. The number of aliphatic hydroxyl groups excluding tert-OH is 2. The summed E-state index contributed by atoms with van der Waals surface area (Å²) in [6, 6.07) is 0. The first-order chi connectivity index (χ1) is 10.9. The first-order valence-electron chi connectivity index (χ1n) is 7.34. The molecule has 3 rings (SSSR count). The summed E-state index contributed by atoms with van der Waals surface area (Å²) in [7, 11) is 0. The Hall–Kier alpha value is -1.75. The lowest BCUT2D eigenvalue weighted by molar-refractivity contribution is -0.0763. The number of fused-ring (bicyclic) bond motifs is 1. The number of aromatic nitrogens is 3. The van der Waals surface area contributed by atoms with E-state index in [1.54, 1.807) is 0 Å². The second-order valence-electron chi connectivity index (χ2n) is 5.57. The van der Waals surface area contributed by atoms with Crippen molar-refractivity contribution in [2.45, 2.75) is 50.7 Å². The van der Waals surface area contributed by atoms with E-state index in [0.717, 1.165) is 11.0 Å². The van der Waals surface area contributed by atoms with Gasteiger partial charge in [0.2, 0.25) is 5.95 Å². The fourth-order valence-corrected chi connectivity index (χ4v) is 3.65. The van der Waals surface area contributed by atoms with Crippen LogP contribution in [0.3, 0.4) is 0 Å². The molecule has 2 aromatic rings. The smallest absolute Gasteiger partial charge is 0.311 e. The molecule has 126 valence electrons. The summed E-state index contributed by atoms with van der Waals surface area (Å²) in [4.78, 5) is 29.9. The van der Waals surface area contributed by atoms with E-state index in [4.69, 9.17) is 10.5 Å². The minimum absolute atomic E-state index is 0.0796. The van der Waals surface area contributed by atoms with Crippen molar-refractivity contribution in [2.75, 3.05) is 5.73 Å². The fraction of sp³-hybridized carbons (Fsp3) is 0.615. The highest BCUT2D eigenvalue weighted by atomic mass is 32.1. The molecule has 0 amide bonds. The highest BCUT2D eigenvalue weighted by Gasteiger charge is 2.40. The molecule has 0 saturated carbocycles. The zero-order chi connectivity index (χ0) is 16.7. The molecule has 1 aliphatic rings. The number of aromatic amines is 1. The van der Waals surface area contributed by atoms with Gasteiger partial charge >= 0.3 is 4.87 Å². The number of nitrogen functional groups attached to an aromatic ring is 1. The lowest BCUT2D eigenvalue weighted by Gasteiger charge is -2.19. The minimum atomic E-state index is -0.999. The van der Waals surface area contributed by atoms with Crippen LogP contribution in [0.15, 0.2) is 9.59 Å². The zero-order valence-electron chi connectivity index (χ0n) is 12.4. The van der Waals surface area contributed by atoms with Gasteiger partial charge in [-0.1, -0.05) is 24.7 Å². The number of anilines is 1. The topological polar surface area (TPSA) is 143 Å². The molecular formula is C13H18N4O5S. The van der Waals surface area contributed by atoms with Crippen molar-refractivity contribution in [1.29, 1.82) is 0 Å². The summed E-state index contributed by atoms with van der Waals surface area (Å²) < 4.78 is 6.93. The van der Waals surface area contributed by atoms with Gasteiger partial charge in [0.15, 0.2) is 11.9 Å². The molecule has 2 aromatic heterocycles. The van der Waals surface area contributed by atoms with Crippen LogP contribution in [-0.4, -0.2) is 43.1 Å². The van der Waals surface area contributed by atoms with Gasteiger partial charge in [-0.05, 0) is 6.42 Å². The lowest BCUT2D eigenvalue weighted by Crippen LogP contribution is -2.28. The van der Waals surface area contributed by atoms with Crippen LogP contribution in [0.25, 0.3) is 10.3 Å². The molecule has 0 aromatic carbocycles. The van der Waals surface area contributed by atoms with Crippen LogP contribution in [0, 0.1) is 0 Å². The molecule has 5 N–H and O–H groups in total. The van der Waals surface area contributed by atoms with Crippen LogP contribution in [0.2, 0.25) is 0 Å². The molecule has 0 spiro atoms. The van der Waals surface area contributed by atoms with E-state index >= 15 is 0 Å². The Balaban J connectivity index is 2.02. The molecule has 4 atom stereocenters. The SMILES string of the molecule is CCC[C@@H](O)[C@@H]1C[C@@H](O)[C@H](n2c(=O)sc3c(=O)[nH]c(N)nc32)O1. The number of hydrogen-bond acceptors (Lipinski definition) is 8. The van der Waals surface area contributed by atoms with E-state index in [1.165, 1.54) is 0 Å². The minimum Gasteiger partial charge on any atom is -0.390 e.